The number of amides is 1. The van der Waals surface area contributed by atoms with Crippen LogP contribution < -0.4 is 4.90 Å². The van der Waals surface area contributed by atoms with Gasteiger partial charge in [0.05, 0.1) is 4.92 Å². The molecule has 8 heteroatoms. The second-order valence-corrected chi connectivity index (χ2v) is 9.61. The number of carbonyl (C=O) groups is 2. The summed E-state index contributed by atoms with van der Waals surface area (Å²) in [5.41, 5.74) is 1.27. The summed E-state index contributed by atoms with van der Waals surface area (Å²) in [5, 5.41) is 12.5. The molecule has 4 rings (SSSR count). The second-order valence-electron chi connectivity index (χ2n) is 8.73. The number of carbonyl (C=O) groups excluding carboxylic acids is 2. The van der Waals surface area contributed by atoms with E-state index in [4.69, 9.17) is 23.2 Å². The molecule has 1 amide bonds. The Hall–Kier alpha value is -2.70. The number of halogens is 2. The first-order valence-corrected chi connectivity index (χ1v) is 10.6. The van der Waals surface area contributed by atoms with Crippen LogP contribution in [0.2, 0.25) is 10.0 Å². The first-order chi connectivity index (χ1) is 14.6. The molecular weight excluding hydrogens is 439 g/mol. The molecule has 6 nitrogen and oxygen atoms in total. The molecule has 0 spiro atoms. The van der Waals surface area contributed by atoms with E-state index in [2.05, 4.69) is 0 Å². The fraction of sp³-hybridized carbons (Fsp3) is 0.304. The second kappa shape index (κ2) is 7.77. The molecule has 0 bridgehead atoms. The Bertz CT molecular complexity index is 1160. The number of nitro groups is 1. The fourth-order valence-corrected chi connectivity index (χ4v) is 4.90. The average molecular weight is 459 g/mol. The molecule has 31 heavy (non-hydrogen) atoms. The highest BCUT2D eigenvalue weighted by atomic mass is 35.5. The van der Waals surface area contributed by atoms with E-state index in [1.807, 2.05) is 19.9 Å². The SMILES string of the molecule is CC1(C)CC(=O)C2=C(C1)N(c1cc(Cl)ccc1[N+](=O)[O-])C(=O)CC2c1cccc(Cl)c1. The highest BCUT2D eigenvalue weighted by molar-refractivity contribution is 6.31. The van der Waals surface area contributed by atoms with E-state index >= 15 is 0 Å². The van der Waals surface area contributed by atoms with Gasteiger partial charge in [0.1, 0.15) is 5.69 Å². The molecule has 2 aromatic rings. The third-order valence-corrected chi connectivity index (χ3v) is 6.24. The molecule has 2 aromatic carbocycles. The van der Waals surface area contributed by atoms with Crippen LogP contribution in [-0.2, 0) is 9.59 Å². The first kappa shape index (κ1) is 21.5. The molecule has 1 heterocycles. The van der Waals surface area contributed by atoms with E-state index in [0.717, 1.165) is 5.56 Å². The Kier molecular flexibility index (Phi) is 5.40. The maximum Gasteiger partial charge on any atom is 0.293 e. The highest BCUT2D eigenvalue weighted by Crippen LogP contribution is 2.49. The molecule has 2 aliphatic rings. The van der Waals surface area contributed by atoms with Gasteiger partial charge >= 0.3 is 0 Å². The van der Waals surface area contributed by atoms with Gasteiger partial charge in [-0.15, -0.1) is 0 Å². The molecular formula is C23H20Cl2N2O4. The fourth-order valence-electron chi connectivity index (χ4n) is 4.53. The molecule has 0 N–H and O–H groups in total. The van der Waals surface area contributed by atoms with E-state index in [1.54, 1.807) is 18.2 Å². The number of benzene rings is 2. The molecule has 1 unspecified atom stereocenters. The molecule has 1 atom stereocenters. The van der Waals surface area contributed by atoms with Crippen molar-refractivity contribution < 1.29 is 14.5 Å². The van der Waals surface area contributed by atoms with Gasteiger partial charge in [0, 0.05) is 46.1 Å². The number of hydrogen-bond acceptors (Lipinski definition) is 4. The zero-order valence-electron chi connectivity index (χ0n) is 17.0. The summed E-state index contributed by atoms with van der Waals surface area (Å²) >= 11 is 12.3. The normalized spacial score (nSPS) is 20.6. The van der Waals surface area contributed by atoms with Crippen molar-refractivity contribution in [3.63, 3.8) is 0 Å². The lowest BCUT2D eigenvalue weighted by Gasteiger charge is -2.42. The van der Waals surface area contributed by atoms with Crippen molar-refractivity contribution in [2.24, 2.45) is 5.41 Å². The van der Waals surface area contributed by atoms with Crippen LogP contribution in [0.1, 0.15) is 44.6 Å². The number of nitro benzene ring substituents is 1. The predicted octanol–water partition coefficient (Wildman–Crippen LogP) is 6.07. The van der Waals surface area contributed by atoms with Crippen molar-refractivity contribution in [2.45, 2.75) is 39.0 Å². The summed E-state index contributed by atoms with van der Waals surface area (Å²) in [5.74, 6) is -0.822. The van der Waals surface area contributed by atoms with Crippen LogP contribution in [-0.4, -0.2) is 16.6 Å². The molecule has 0 fully saturated rings. The zero-order chi connectivity index (χ0) is 22.5. The summed E-state index contributed by atoms with van der Waals surface area (Å²) in [6.07, 6.45) is 0.776. The van der Waals surface area contributed by atoms with Gasteiger partial charge in [0.2, 0.25) is 5.91 Å². The Morgan fingerprint density at radius 2 is 1.77 bits per heavy atom. The Morgan fingerprint density at radius 1 is 1.06 bits per heavy atom. The lowest BCUT2D eigenvalue weighted by atomic mass is 9.69. The van der Waals surface area contributed by atoms with E-state index in [9.17, 15) is 19.7 Å². The third-order valence-electron chi connectivity index (χ3n) is 5.77. The average Bonchev–Trinajstić information content (AvgIpc) is 2.66. The molecule has 160 valence electrons. The summed E-state index contributed by atoms with van der Waals surface area (Å²) in [7, 11) is 0. The van der Waals surface area contributed by atoms with Crippen LogP contribution in [0.25, 0.3) is 0 Å². The molecule has 0 aromatic heterocycles. The number of allylic oxidation sites excluding steroid dienone is 2. The van der Waals surface area contributed by atoms with Crippen LogP contribution >= 0.6 is 23.2 Å². The van der Waals surface area contributed by atoms with Crippen LogP contribution in [0, 0.1) is 15.5 Å². The minimum atomic E-state index is -0.544. The van der Waals surface area contributed by atoms with E-state index < -0.39 is 16.3 Å². The van der Waals surface area contributed by atoms with Crippen molar-refractivity contribution in [3.05, 3.63) is 79.5 Å². The Balaban J connectivity index is 1.97. The van der Waals surface area contributed by atoms with E-state index in [0.29, 0.717) is 29.1 Å². The third kappa shape index (κ3) is 3.98. The van der Waals surface area contributed by atoms with Gasteiger partial charge in [0.25, 0.3) is 5.69 Å². The van der Waals surface area contributed by atoms with Crippen molar-refractivity contribution in [2.75, 3.05) is 4.90 Å². The summed E-state index contributed by atoms with van der Waals surface area (Å²) in [6, 6.07) is 11.2. The lowest BCUT2D eigenvalue weighted by molar-refractivity contribution is -0.384. The number of ketones is 1. The minimum absolute atomic E-state index is 0.00894. The van der Waals surface area contributed by atoms with Crippen molar-refractivity contribution >= 4 is 46.3 Å². The first-order valence-electron chi connectivity index (χ1n) is 9.86. The van der Waals surface area contributed by atoms with Gasteiger partial charge in [0.15, 0.2) is 5.78 Å². The molecule has 1 aliphatic heterocycles. The molecule has 0 saturated heterocycles. The lowest BCUT2D eigenvalue weighted by Crippen LogP contribution is -2.44. The standard InChI is InChI=1S/C23H20Cl2N2O4/c1-23(2)11-19-22(20(28)12-23)16(13-4-3-5-14(24)8-13)10-21(29)26(19)18-9-15(25)6-7-17(18)27(30)31/h3-9,16H,10-12H2,1-2H3. The van der Waals surface area contributed by atoms with Gasteiger partial charge < -0.3 is 0 Å². The molecule has 1 aliphatic carbocycles. The van der Waals surface area contributed by atoms with Crippen LogP contribution in [0.15, 0.2) is 53.7 Å². The van der Waals surface area contributed by atoms with Gasteiger partial charge in [-0.25, -0.2) is 0 Å². The smallest absolute Gasteiger partial charge is 0.293 e. The summed E-state index contributed by atoms with van der Waals surface area (Å²) in [4.78, 5) is 39.2. The molecule has 0 radical (unpaired) electrons. The van der Waals surface area contributed by atoms with Crippen molar-refractivity contribution in [1.82, 2.24) is 0 Å². The van der Waals surface area contributed by atoms with Crippen LogP contribution in [0.5, 0.6) is 0 Å². The molecule has 0 saturated carbocycles. The number of hydrogen-bond donors (Lipinski definition) is 0. The largest absolute Gasteiger partial charge is 0.294 e. The van der Waals surface area contributed by atoms with Gasteiger partial charge in [-0.1, -0.05) is 49.2 Å². The van der Waals surface area contributed by atoms with Gasteiger partial charge in [-0.05, 0) is 41.7 Å². The van der Waals surface area contributed by atoms with Crippen LogP contribution in [0.4, 0.5) is 11.4 Å². The number of Topliss-reactive ketones (excluding diaryl/α,β-unsaturated/α-hetero) is 1. The number of rotatable bonds is 3. The number of nitrogens with zero attached hydrogens (tertiary/aromatic N) is 2. The predicted molar refractivity (Wildman–Crippen MR) is 119 cm³/mol. The monoisotopic (exact) mass is 458 g/mol. The highest BCUT2D eigenvalue weighted by Gasteiger charge is 2.45. The maximum atomic E-state index is 13.4. The number of anilines is 1. The Labute approximate surface area is 189 Å². The van der Waals surface area contributed by atoms with E-state index in [1.165, 1.54) is 23.1 Å². The van der Waals surface area contributed by atoms with Crippen LogP contribution in [0.3, 0.4) is 0 Å². The zero-order valence-corrected chi connectivity index (χ0v) is 18.5. The summed E-state index contributed by atoms with van der Waals surface area (Å²) in [6.45, 7) is 3.90. The van der Waals surface area contributed by atoms with Crippen molar-refractivity contribution in [1.29, 1.82) is 0 Å². The topological polar surface area (TPSA) is 80.5 Å². The minimum Gasteiger partial charge on any atom is -0.294 e. The van der Waals surface area contributed by atoms with Gasteiger partial charge in [-0.3, -0.25) is 24.6 Å². The van der Waals surface area contributed by atoms with Gasteiger partial charge in [-0.2, -0.15) is 0 Å². The maximum absolute atomic E-state index is 13.4. The summed E-state index contributed by atoms with van der Waals surface area (Å²) < 4.78 is 0. The van der Waals surface area contributed by atoms with Crippen molar-refractivity contribution in [3.8, 4) is 0 Å². The Morgan fingerprint density at radius 3 is 2.45 bits per heavy atom. The van der Waals surface area contributed by atoms with E-state index in [-0.39, 0.29) is 34.5 Å². The quantitative estimate of drug-likeness (QED) is 0.413.